The van der Waals surface area contributed by atoms with E-state index in [1.54, 1.807) is 0 Å². The van der Waals surface area contributed by atoms with Gasteiger partial charge in [0.1, 0.15) is 61.0 Å². The fourth-order valence-electron chi connectivity index (χ4n) is 6.24. The maximum absolute atomic E-state index is 13.3. The van der Waals surface area contributed by atoms with Crippen LogP contribution < -0.4 is 21.7 Å². The van der Waals surface area contributed by atoms with E-state index in [0.29, 0.717) is 0 Å². The van der Waals surface area contributed by atoms with Crippen LogP contribution in [0.3, 0.4) is 0 Å². The maximum Gasteiger partial charge on any atom is 0.330 e. The number of hydrogen-bond donors (Lipinski definition) is 13. The Morgan fingerprint density at radius 1 is 0.611 bits per heavy atom. The molecule has 0 radical (unpaired) electrons. The molecule has 314 valence electrons. The number of rotatable bonds is 17. The summed E-state index contributed by atoms with van der Waals surface area (Å²) >= 11 is 0. The Hall–Kier alpha value is -1.77. The van der Waals surface area contributed by atoms with Crippen molar-refractivity contribution in [1.29, 1.82) is 0 Å². The Balaban J connectivity index is 1.72. The number of amides is 3. The van der Waals surface area contributed by atoms with Crippen molar-refractivity contribution in [3.8, 4) is 0 Å². The van der Waals surface area contributed by atoms with Gasteiger partial charge in [-0.2, -0.15) is 0 Å². The van der Waals surface area contributed by atoms with E-state index in [4.69, 9.17) is 33.7 Å². The summed E-state index contributed by atoms with van der Waals surface area (Å²) in [4.78, 5) is 56.8. The molecular formula is C28H52N4O20P2. The molecule has 26 heteroatoms. The highest BCUT2D eigenvalue weighted by Crippen LogP contribution is 2.47. The third-order valence-corrected chi connectivity index (χ3v) is 11.5. The molecule has 3 rings (SSSR count). The largest absolute Gasteiger partial charge is 0.394 e. The van der Waals surface area contributed by atoms with Crippen LogP contribution >= 0.6 is 15.2 Å². The minimum Gasteiger partial charge on any atom is -0.394 e. The van der Waals surface area contributed by atoms with Gasteiger partial charge in [-0.1, -0.05) is 0 Å². The van der Waals surface area contributed by atoms with E-state index < -0.39 is 157 Å². The van der Waals surface area contributed by atoms with Gasteiger partial charge in [-0.05, 0) is 0 Å². The summed E-state index contributed by atoms with van der Waals surface area (Å²) in [6, 6.07) is -4.21. The number of aliphatic hydroxyl groups is 7. The Bertz CT molecular complexity index is 1370. The lowest BCUT2D eigenvalue weighted by Gasteiger charge is -2.44. The molecule has 8 unspecified atom stereocenters. The van der Waals surface area contributed by atoms with E-state index in [9.17, 15) is 69.0 Å². The van der Waals surface area contributed by atoms with Crippen molar-refractivity contribution in [2.45, 2.75) is 112 Å². The lowest BCUT2D eigenvalue weighted by molar-refractivity contribution is -0.268. The SMILES string of the molecule is CC(=O)NC1[C@@H](OCCN)OC(COP(=O)(O)C[C@H]2OC(COP(=O)(O)C[C@H]3OC(CO)[C@@H](O)[C@H](O)C3NC(C)=O)[C@@H](O)[C@H](O)C2NC(C)=O)[C@@H](O)[C@@H]1O. The first kappa shape index (κ1) is 46.6. The number of carbonyl (C=O) groups excluding carboxylic acids is 3. The van der Waals surface area contributed by atoms with Crippen molar-refractivity contribution in [2.75, 3.05) is 45.3 Å². The second-order valence-corrected chi connectivity index (χ2v) is 17.0. The lowest BCUT2D eigenvalue weighted by Crippen LogP contribution is -2.65. The first-order valence-electron chi connectivity index (χ1n) is 16.8. The first-order chi connectivity index (χ1) is 25.1. The standard InChI is InChI=1S/C28H52N4O20P2/c1-11(34)30-19-17(50-14(6-33)22(37)25(19)40)9-53(43,44)48-7-15-23(38)26(41)20(31-12(2)35)18(51-15)10-54(45,46)49-8-16-24(39)27(42)21(32-13(3)36)28(52-16)47-5-4-29/h14-28,33,37-42H,4-10,29H2,1-3H3,(H,30,34)(H,31,35)(H,32,36)(H,43,44)(H,45,46)/t14?,15?,16?,17-,18-,19?,20?,21?,22-,23-,24-,25-,26-,27-,28+/m1/s1. The van der Waals surface area contributed by atoms with Gasteiger partial charge in [0.2, 0.25) is 17.7 Å². The van der Waals surface area contributed by atoms with Crippen LogP contribution in [0.25, 0.3) is 0 Å². The van der Waals surface area contributed by atoms with Crippen LogP contribution in [-0.4, -0.2) is 200 Å². The molecule has 3 amide bonds. The monoisotopic (exact) mass is 826 g/mol. The summed E-state index contributed by atoms with van der Waals surface area (Å²) in [5.74, 6) is -2.02. The molecule has 0 aromatic heterocycles. The molecule has 3 heterocycles. The molecule has 17 atom stereocenters. The Morgan fingerprint density at radius 2 is 0.981 bits per heavy atom. The van der Waals surface area contributed by atoms with Gasteiger partial charge in [0.25, 0.3) is 0 Å². The minimum absolute atomic E-state index is 0.0196. The zero-order valence-electron chi connectivity index (χ0n) is 29.6. The predicted octanol–water partition coefficient (Wildman–Crippen LogP) is -6.70. The topological polar surface area (TPSA) is 385 Å². The molecule has 54 heavy (non-hydrogen) atoms. The van der Waals surface area contributed by atoms with E-state index in [0.717, 1.165) is 20.8 Å². The number of hydrogen-bond acceptors (Lipinski definition) is 19. The lowest BCUT2D eigenvalue weighted by atomic mass is 9.93. The average molecular weight is 827 g/mol. The molecular weight excluding hydrogens is 774 g/mol. The quantitative estimate of drug-likeness (QED) is 0.0606. The zero-order valence-corrected chi connectivity index (χ0v) is 31.4. The van der Waals surface area contributed by atoms with Gasteiger partial charge >= 0.3 is 15.2 Å². The number of nitrogens with two attached hydrogens (primary N) is 1. The maximum atomic E-state index is 13.3. The normalized spacial score (nSPS) is 39.5. The highest BCUT2D eigenvalue weighted by atomic mass is 31.2. The van der Waals surface area contributed by atoms with E-state index >= 15 is 0 Å². The molecule has 3 saturated heterocycles. The number of aliphatic hydroxyl groups excluding tert-OH is 7. The Kier molecular flexibility index (Phi) is 17.3. The Morgan fingerprint density at radius 3 is 1.39 bits per heavy atom. The molecule has 3 aliphatic heterocycles. The molecule has 0 spiro atoms. The van der Waals surface area contributed by atoms with Crippen molar-refractivity contribution < 1.29 is 97.0 Å². The molecule has 0 aliphatic carbocycles. The van der Waals surface area contributed by atoms with Crippen LogP contribution in [0.5, 0.6) is 0 Å². The molecule has 0 aromatic rings. The molecule has 3 aliphatic rings. The van der Waals surface area contributed by atoms with E-state index in [1.165, 1.54) is 0 Å². The van der Waals surface area contributed by atoms with Gasteiger partial charge in [-0.25, -0.2) is 0 Å². The Labute approximate surface area is 309 Å². The summed E-state index contributed by atoms with van der Waals surface area (Å²) in [6.45, 7) is 0.621. The molecule has 0 bridgehead atoms. The molecule has 3 fully saturated rings. The second-order valence-electron chi connectivity index (χ2n) is 13.2. The second kappa shape index (κ2) is 20.1. The predicted molar refractivity (Wildman–Crippen MR) is 178 cm³/mol. The number of carbonyl (C=O) groups is 3. The summed E-state index contributed by atoms with van der Waals surface area (Å²) < 4.78 is 59.0. The number of ether oxygens (including phenoxy) is 4. The minimum atomic E-state index is -4.85. The van der Waals surface area contributed by atoms with Gasteiger partial charge in [0, 0.05) is 27.3 Å². The van der Waals surface area contributed by atoms with Crippen LogP contribution in [0.4, 0.5) is 0 Å². The van der Waals surface area contributed by atoms with Crippen LogP contribution in [-0.2, 0) is 51.5 Å². The van der Waals surface area contributed by atoms with Crippen LogP contribution in [0.15, 0.2) is 0 Å². The van der Waals surface area contributed by atoms with Gasteiger partial charge < -0.3 is 95.2 Å². The summed E-state index contributed by atoms with van der Waals surface area (Å²) in [5, 5.41) is 80.2. The summed E-state index contributed by atoms with van der Waals surface area (Å²) in [6.07, 6.45) is -21.6. The van der Waals surface area contributed by atoms with Crippen molar-refractivity contribution in [2.24, 2.45) is 5.73 Å². The van der Waals surface area contributed by atoms with Crippen LogP contribution in [0, 0.1) is 0 Å². The van der Waals surface area contributed by atoms with Crippen molar-refractivity contribution in [1.82, 2.24) is 16.0 Å². The summed E-state index contributed by atoms with van der Waals surface area (Å²) in [5.41, 5.74) is 5.46. The van der Waals surface area contributed by atoms with Gasteiger partial charge in [0.05, 0.1) is 63.0 Å². The van der Waals surface area contributed by atoms with Gasteiger partial charge in [-0.15, -0.1) is 0 Å². The third kappa shape index (κ3) is 12.6. The van der Waals surface area contributed by atoms with Crippen LogP contribution in [0.2, 0.25) is 0 Å². The molecule has 0 aromatic carbocycles. The van der Waals surface area contributed by atoms with Gasteiger partial charge in [-0.3, -0.25) is 23.5 Å². The van der Waals surface area contributed by atoms with Crippen molar-refractivity contribution >= 4 is 32.9 Å². The molecule has 14 N–H and O–H groups in total. The molecule has 24 nitrogen and oxygen atoms in total. The first-order valence-corrected chi connectivity index (χ1v) is 20.3. The highest BCUT2D eigenvalue weighted by Gasteiger charge is 2.51. The number of nitrogens with one attached hydrogen (secondary N) is 3. The fourth-order valence-corrected chi connectivity index (χ4v) is 8.74. The van der Waals surface area contributed by atoms with Crippen molar-refractivity contribution in [3.63, 3.8) is 0 Å². The van der Waals surface area contributed by atoms with Gasteiger partial charge in [0.15, 0.2) is 6.29 Å². The van der Waals surface area contributed by atoms with E-state index in [2.05, 4.69) is 16.0 Å². The molecule has 0 saturated carbocycles. The fraction of sp³-hybridized carbons (Fsp3) is 0.893. The van der Waals surface area contributed by atoms with E-state index in [-0.39, 0.29) is 13.2 Å². The average Bonchev–Trinajstić information content (AvgIpc) is 3.07. The third-order valence-electron chi connectivity index (χ3n) is 8.79. The van der Waals surface area contributed by atoms with Crippen LogP contribution in [0.1, 0.15) is 20.8 Å². The smallest absolute Gasteiger partial charge is 0.330 e. The zero-order chi connectivity index (χ0) is 40.7. The van der Waals surface area contributed by atoms with E-state index in [1.807, 2.05) is 0 Å². The van der Waals surface area contributed by atoms with Crippen molar-refractivity contribution in [3.05, 3.63) is 0 Å². The highest BCUT2D eigenvalue weighted by molar-refractivity contribution is 7.53. The summed E-state index contributed by atoms with van der Waals surface area (Å²) in [7, 11) is -9.67.